The van der Waals surface area contributed by atoms with Crippen LogP contribution in [0.4, 0.5) is 5.13 Å². The molecule has 1 atom stereocenters. The van der Waals surface area contributed by atoms with Crippen LogP contribution in [0.5, 0.6) is 0 Å². The van der Waals surface area contributed by atoms with Gasteiger partial charge in [0.05, 0.1) is 5.75 Å². The number of amides is 1. The molecule has 0 saturated carbocycles. The first-order valence-corrected chi connectivity index (χ1v) is 10.5. The quantitative estimate of drug-likeness (QED) is 0.766. The lowest BCUT2D eigenvalue weighted by molar-refractivity contribution is -0.119. The monoisotopic (exact) mass is 360 g/mol. The molecule has 1 aliphatic heterocycles. The molecular formula is C14H24N4O3S2. The zero-order chi connectivity index (χ0) is 16.9. The number of nitrogens with one attached hydrogen (secondary N) is 1. The van der Waals surface area contributed by atoms with Crippen LogP contribution in [0.2, 0.25) is 0 Å². The standard InChI is InChI=1S/C14H24N4O3S2/c1-3-5-10-23(20,21)18-9-6-8-11(18)13(19)15-14-17-16-12(22-14)7-4-2/h11H,3-10H2,1-2H3,(H,15,17,19). The zero-order valence-electron chi connectivity index (χ0n) is 13.6. The van der Waals surface area contributed by atoms with Gasteiger partial charge in [0.25, 0.3) is 0 Å². The van der Waals surface area contributed by atoms with Crippen molar-refractivity contribution in [3.63, 3.8) is 0 Å². The van der Waals surface area contributed by atoms with Gasteiger partial charge in [-0.2, -0.15) is 4.31 Å². The van der Waals surface area contributed by atoms with Crippen LogP contribution >= 0.6 is 11.3 Å². The summed E-state index contributed by atoms with van der Waals surface area (Å²) in [5, 5.41) is 12.0. The number of aryl methyl sites for hydroxylation is 1. The third-order valence-electron chi connectivity index (χ3n) is 3.78. The van der Waals surface area contributed by atoms with E-state index >= 15 is 0 Å². The van der Waals surface area contributed by atoms with E-state index in [0.29, 0.717) is 30.9 Å². The van der Waals surface area contributed by atoms with Crippen molar-refractivity contribution in [3.8, 4) is 0 Å². The highest BCUT2D eigenvalue weighted by atomic mass is 32.2. The molecule has 2 heterocycles. The van der Waals surface area contributed by atoms with Gasteiger partial charge in [0.1, 0.15) is 11.0 Å². The SMILES string of the molecule is CCCCS(=O)(=O)N1CCCC1C(=O)Nc1nnc(CCC)s1. The van der Waals surface area contributed by atoms with Crippen LogP contribution < -0.4 is 5.32 Å². The minimum Gasteiger partial charge on any atom is -0.299 e. The number of aromatic nitrogens is 2. The van der Waals surface area contributed by atoms with Gasteiger partial charge >= 0.3 is 0 Å². The van der Waals surface area contributed by atoms with Crippen LogP contribution in [-0.4, -0.2) is 47.2 Å². The number of unbranched alkanes of at least 4 members (excludes halogenated alkanes) is 1. The second-order valence-electron chi connectivity index (χ2n) is 5.68. The van der Waals surface area contributed by atoms with Gasteiger partial charge in [0.15, 0.2) is 0 Å². The summed E-state index contributed by atoms with van der Waals surface area (Å²) >= 11 is 1.35. The molecule has 0 aliphatic carbocycles. The maximum Gasteiger partial charge on any atom is 0.244 e. The topological polar surface area (TPSA) is 92.3 Å². The molecule has 1 fully saturated rings. The molecule has 9 heteroatoms. The Morgan fingerprint density at radius 3 is 2.83 bits per heavy atom. The lowest BCUT2D eigenvalue weighted by Gasteiger charge is -2.22. The molecule has 1 aromatic heterocycles. The van der Waals surface area contributed by atoms with E-state index in [4.69, 9.17) is 0 Å². The van der Waals surface area contributed by atoms with Crippen molar-refractivity contribution in [2.45, 2.75) is 58.4 Å². The first-order chi connectivity index (χ1) is 11.0. The number of hydrogen-bond acceptors (Lipinski definition) is 6. The maximum atomic E-state index is 12.4. The van der Waals surface area contributed by atoms with Crippen molar-refractivity contribution in [1.29, 1.82) is 0 Å². The fourth-order valence-corrected chi connectivity index (χ4v) is 5.32. The highest BCUT2D eigenvalue weighted by Crippen LogP contribution is 2.24. The third kappa shape index (κ3) is 4.71. The van der Waals surface area contributed by atoms with E-state index in [1.165, 1.54) is 15.6 Å². The van der Waals surface area contributed by atoms with Gasteiger partial charge in [-0.25, -0.2) is 8.42 Å². The Kier molecular flexibility index (Phi) is 6.49. The molecule has 0 bridgehead atoms. The first-order valence-electron chi connectivity index (χ1n) is 8.10. The second kappa shape index (κ2) is 8.16. The Balaban J connectivity index is 2.02. The molecule has 23 heavy (non-hydrogen) atoms. The molecular weight excluding hydrogens is 336 g/mol. The van der Waals surface area contributed by atoms with Crippen molar-refractivity contribution in [1.82, 2.24) is 14.5 Å². The Morgan fingerprint density at radius 2 is 2.13 bits per heavy atom. The predicted molar refractivity (Wildman–Crippen MR) is 91.0 cm³/mol. The summed E-state index contributed by atoms with van der Waals surface area (Å²) in [4.78, 5) is 12.4. The molecule has 0 aromatic carbocycles. The minimum absolute atomic E-state index is 0.104. The van der Waals surface area contributed by atoms with Crippen LogP contribution in [0.3, 0.4) is 0 Å². The fourth-order valence-electron chi connectivity index (χ4n) is 2.59. The second-order valence-corrected chi connectivity index (χ2v) is 8.78. The Bertz CT molecular complexity index is 630. The molecule has 7 nitrogen and oxygen atoms in total. The number of rotatable bonds is 8. The summed E-state index contributed by atoms with van der Waals surface area (Å²) < 4.78 is 26.1. The number of anilines is 1. The first kappa shape index (κ1) is 18.3. The Labute approximate surface area is 141 Å². The van der Waals surface area contributed by atoms with E-state index in [9.17, 15) is 13.2 Å². The van der Waals surface area contributed by atoms with Crippen molar-refractivity contribution >= 4 is 32.4 Å². The normalized spacial score (nSPS) is 19.1. The Hall–Kier alpha value is -1.06. The number of carbonyl (C=O) groups is 1. The summed E-state index contributed by atoms with van der Waals surface area (Å²) in [5.41, 5.74) is 0. The number of nitrogens with zero attached hydrogens (tertiary/aromatic N) is 3. The highest BCUT2D eigenvalue weighted by molar-refractivity contribution is 7.89. The molecule has 2 rings (SSSR count). The molecule has 0 spiro atoms. The van der Waals surface area contributed by atoms with E-state index in [0.717, 1.165) is 24.3 Å². The molecule has 1 aromatic rings. The van der Waals surface area contributed by atoms with E-state index in [1.54, 1.807) is 0 Å². The highest BCUT2D eigenvalue weighted by Gasteiger charge is 2.38. The van der Waals surface area contributed by atoms with Gasteiger partial charge in [-0.1, -0.05) is 31.6 Å². The van der Waals surface area contributed by atoms with Crippen LogP contribution in [-0.2, 0) is 21.2 Å². The van der Waals surface area contributed by atoms with E-state index in [2.05, 4.69) is 22.4 Å². The lowest BCUT2D eigenvalue weighted by Crippen LogP contribution is -2.44. The van der Waals surface area contributed by atoms with Crippen molar-refractivity contribution in [2.75, 3.05) is 17.6 Å². The molecule has 1 unspecified atom stereocenters. The van der Waals surface area contributed by atoms with Crippen LogP contribution in [0.1, 0.15) is 51.0 Å². The van der Waals surface area contributed by atoms with Crippen LogP contribution in [0, 0.1) is 0 Å². The molecule has 1 aliphatic rings. The molecule has 1 amide bonds. The average Bonchev–Trinajstić information content (AvgIpc) is 3.15. The summed E-state index contributed by atoms with van der Waals surface area (Å²) in [6.07, 6.45) is 4.49. The van der Waals surface area contributed by atoms with E-state index in [-0.39, 0.29) is 11.7 Å². The number of hydrogen-bond donors (Lipinski definition) is 1. The van der Waals surface area contributed by atoms with Gasteiger partial charge in [-0.3, -0.25) is 10.1 Å². The third-order valence-corrected chi connectivity index (χ3v) is 6.64. The van der Waals surface area contributed by atoms with Crippen molar-refractivity contribution < 1.29 is 13.2 Å². The lowest BCUT2D eigenvalue weighted by atomic mass is 10.2. The number of sulfonamides is 1. The van der Waals surface area contributed by atoms with Gasteiger partial charge in [0.2, 0.25) is 21.1 Å². The fraction of sp³-hybridized carbons (Fsp3) is 0.786. The Morgan fingerprint density at radius 1 is 1.35 bits per heavy atom. The summed E-state index contributed by atoms with van der Waals surface area (Å²) in [5.74, 6) is -0.200. The van der Waals surface area contributed by atoms with E-state index in [1.807, 2.05) is 6.92 Å². The summed E-state index contributed by atoms with van der Waals surface area (Å²) in [6, 6.07) is -0.629. The molecule has 0 radical (unpaired) electrons. The average molecular weight is 361 g/mol. The van der Waals surface area contributed by atoms with Crippen LogP contribution in [0.15, 0.2) is 0 Å². The minimum atomic E-state index is -3.37. The van der Waals surface area contributed by atoms with Crippen molar-refractivity contribution in [3.05, 3.63) is 5.01 Å². The smallest absolute Gasteiger partial charge is 0.244 e. The van der Waals surface area contributed by atoms with Crippen LogP contribution in [0.25, 0.3) is 0 Å². The zero-order valence-corrected chi connectivity index (χ0v) is 15.3. The van der Waals surface area contributed by atoms with Gasteiger partial charge in [-0.15, -0.1) is 10.2 Å². The van der Waals surface area contributed by atoms with Gasteiger partial charge in [-0.05, 0) is 25.7 Å². The van der Waals surface area contributed by atoms with E-state index < -0.39 is 16.1 Å². The maximum absolute atomic E-state index is 12.4. The van der Waals surface area contributed by atoms with Gasteiger partial charge in [0, 0.05) is 13.0 Å². The summed E-state index contributed by atoms with van der Waals surface area (Å²) in [7, 11) is -3.37. The van der Waals surface area contributed by atoms with Gasteiger partial charge < -0.3 is 0 Å². The van der Waals surface area contributed by atoms with Crippen molar-refractivity contribution in [2.24, 2.45) is 0 Å². The molecule has 1 N–H and O–H groups in total. The summed E-state index contributed by atoms with van der Waals surface area (Å²) in [6.45, 7) is 4.42. The largest absolute Gasteiger partial charge is 0.299 e. The molecule has 1 saturated heterocycles. The predicted octanol–water partition coefficient (Wildman–Crippen LogP) is 2.02. The molecule has 130 valence electrons. The number of carbonyl (C=O) groups excluding carboxylic acids is 1.